The van der Waals surface area contributed by atoms with E-state index in [-0.39, 0.29) is 30.4 Å². The zero-order valence-corrected chi connectivity index (χ0v) is 21.3. The van der Waals surface area contributed by atoms with E-state index < -0.39 is 35.1 Å². The lowest BCUT2D eigenvalue weighted by Crippen LogP contribution is -2.56. The standard InChI is InChI=1S/C30H29F6NO2/c1-38-26-17-28(22-10-6-3-7-11-22)27(13-12-25(26)37(28)18-20-8-4-2-5-9-20)39-19-21-14-23(29(31,32)33)16-24(15-21)30(34,35)36/h2-11,14-16,25-27H,12-13,17-19H2,1H3. The Bertz CT molecular complexity index is 1230. The summed E-state index contributed by atoms with van der Waals surface area (Å²) in [7, 11) is 1.67. The lowest BCUT2D eigenvalue weighted by atomic mass is 9.78. The van der Waals surface area contributed by atoms with Crippen LogP contribution in [0.2, 0.25) is 0 Å². The van der Waals surface area contributed by atoms with Crippen molar-refractivity contribution < 1.29 is 35.8 Å². The number of ether oxygens (including phenoxy) is 2. The summed E-state index contributed by atoms with van der Waals surface area (Å²) in [5.74, 6) is 0. The maximum atomic E-state index is 13.4. The number of fused-ring (bicyclic) bond motifs is 2. The maximum absolute atomic E-state index is 13.4. The van der Waals surface area contributed by atoms with Crippen LogP contribution < -0.4 is 0 Å². The van der Waals surface area contributed by atoms with E-state index >= 15 is 0 Å². The van der Waals surface area contributed by atoms with Crippen molar-refractivity contribution in [1.29, 1.82) is 0 Å². The molecule has 4 unspecified atom stereocenters. The molecule has 0 spiro atoms. The Balaban J connectivity index is 1.52. The highest BCUT2D eigenvalue weighted by atomic mass is 19.4. The van der Waals surface area contributed by atoms with E-state index in [1.807, 2.05) is 60.7 Å². The number of hydrogen-bond donors (Lipinski definition) is 0. The molecule has 4 atom stereocenters. The van der Waals surface area contributed by atoms with Crippen LogP contribution in [0.4, 0.5) is 26.3 Å². The van der Waals surface area contributed by atoms with E-state index in [1.54, 1.807) is 7.11 Å². The summed E-state index contributed by atoms with van der Waals surface area (Å²) in [5, 5.41) is 0. The normalized spacial score (nSPS) is 25.7. The van der Waals surface area contributed by atoms with E-state index in [0.717, 1.165) is 29.7 Å². The minimum atomic E-state index is -4.91. The number of nitrogens with zero attached hydrogens (tertiary/aromatic N) is 1. The van der Waals surface area contributed by atoms with Gasteiger partial charge in [0, 0.05) is 26.1 Å². The highest BCUT2D eigenvalue weighted by Gasteiger charge is 2.60. The average Bonchev–Trinajstić information content (AvgIpc) is 3.11. The third kappa shape index (κ3) is 5.44. The molecule has 2 aliphatic rings. The van der Waals surface area contributed by atoms with Gasteiger partial charge in [0.05, 0.1) is 35.5 Å². The van der Waals surface area contributed by atoms with Gasteiger partial charge in [-0.3, -0.25) is 4.90 Å². The van der Waals surface area contributed by atoms with E-state index in [4.69, 9.17) is 9.47 Å². The lowest BCUT2D eigenvalue weighted by molar-refractivity contribution is -0.143. The van der Waals surface area contributed by atoms with Crippen LogP contribution >= 0.6 is 0 Å². The van der Waals surface area contributed by atoms with Crippen LogP contribution in [-0.4, -0.2) is 30.3 Å². The van der Waals surface area contributed by atoms with Crippen LogP contribution in [0.1, 0.15) is 47.1 Å². The molecule has 2 fully saturated rings. The van der Waals surface area contributed by atoms with Crippen LogP contribution in [0, 0.1) is 0 Å². The molecular weight excluding hydrogens is 520 g/mol. The first-order valence-electron chi connectivity index (χ1n) is 12.8. The fraction of sp³-hybridized carbons (Fsp3) is 0.400. The summed E-state index contributed by atoms with van der Waals surface area (Å²) in [6, 6.07) is 21.4. The molecule has 3 nitrogen and oxygen atoms in total. The molecule has 5 rings (SSSR count). The number of methoxy groups -OCH3 is 1. The topological polar surface area (TPSA) is 21.7 Å². The number of hydrogen-bond acceptors (Lipinski definition) is 3. The van der Waals surface area contributed by atoms with Crippen molar-refractivity contribution in [1.82, 2.24) is 4.90 Å². The van der Waals surface area contributed by atoms with Gasteiger partial charge in [-0.2, -0.15) is 26.3 Å². The van der Waals surface area contributed by atoms with E-state index in [9.17, 15) is 26.3 Å². The molecule has 0 N–H and O–H groups in total. The van der Waals surface area contributed by atoms with Gasteiger partial charge in [0.25, 0.3) is 0 Å². The largest absolute Gasteiger partial charge is 0.416 e. The quantitative estimate of drug-likeness (QED) is 0.284. The molecule has 2 aliphatic heterocycles. The Kier molecular flexibility index (Phi) is 7.52. The van der Waals surface area contributed by atoms with Gasteiger partial charge in [-0.05, 0) is 47.7 Å². The number of benzene rings is 3. The van der Waals surface area contributed by atoms with E-state index in [0.29, 0.717) is 19.4 Å². The summed E-state index contributed by atoms with van der Waals surface area (Å²) in [5.41, 5.74) is -1.46. The summed E-state index contributed by atoms with van der Waals surface area (Å²) < 4.78 is 92.9. The Morgan fingerprint density at radius 3 is 1.95 bits per heavy atom. The van der Waals surface area contributed by atoms with Crippen molar-refractivity contribution in [3.8, 4) is 0 Å². The van der Waals surface area contributed by atoms with Crippen molar-refractivity contribution in [2.24, 2.45) is 0 Å². The molecule has 39 heavy (non-hydrogen) atoms. The Morgan fingerprint density at radius 2 is 1.38 bits per heavy atom. The highest BCUT2D eigenvalue weighted by Crippen LogP contribution is 2.53. The van der Waals surface area contributed by atoms with Gasteiger partial charge < -0.3 is 9.47 Å². The minimum absolute atomic E-state index is 0.0839. The van der Waals surface area contributed by atoms with Crippen molar-refractivity contribution in [2.75, 3.05) is 7.11 Å². The third-order valence-corrected chi connectivity index (χ3v) is 7.98. The molecule has 0 aromatic heterocycles. The van der Waals surface area contributed by atoms with Gasteiger partial charge in [-0.1, -0.05) is 60.7 Å². The van der Waals surface area contributed by atoms with Crippen LogP contribution in [-0.2, 0) is 40.5 Å². The molecule has 0 aliphatic carbocycles. The SMILES string of the molecule is COC1CC2(c3ccccc3)C(OCc3cc(C(F)(F)F)cc(C(F)(F)F)c3)CCC1N2Cc1ccccc1. The molecule has 3 aromatic rings. The molecule has 2 bridgehead atoms. The number of alkyl halides is 6. The van der Waals surface area contributed by atoms with Crippen LogP contribution in [0.15, 0.2) is 78.9 Å². The fourth-order valence-corrected chi connectivity index (χ4v) is 6.27. The Hall–Kier alpha value is -2.88. The van der Waals surface area contributed by atoms with Gasteiger partial charge in [0.1, 0.15) is 0 Å². The van der Waals surface area contributed by atoms with Crippen molar-refractivity contribution >= 4 is 0 Å². The molecule has 2 heterocycles. The second-order valence-corrected chi connectivity index (χ2v) is 10.2. The molecule has 2 saturated heterocycles. The monoisotopic (exact) mass is 549 g/mol. The maximum Gasteiger partial charge on any atom is 0.416 e. The van der Waals surface area contributed by atoms with Gasteiger partial charge in [-0.25, -0.2) is 0 Å². The Labute approximate surface area is 223 Å². The van der Waals surface area contributed by atoms with E-state index in [1.165, 1.54) is 0 Å². The zero-order chi connectivity index (χ0) is 27.8. The summed E-state index contributed by atoms with van der Waals surface area (Å²) in [6.07, 6.45) is -8.51. The lowest BCUT2D eigenvalue weighted by Gasteiger charge is -2.50. The smallest absolute Gasteiger partial charge is 0.380 e. The zero-order valence-electron chi connectivity index (χ0n) is 21.3. The van der Waals surface area contributed by atoms with Gasteiger partial charge in [0.2, 0.25) is 0 Å². The number of piperidine rings is 1. The molecule has 9 heteroatoms. The van der Waals surface area contributed by atoms with Gasteiger partial charge in [-0.15, -0.1) is 0 Å². The second kappa shape index (κ2) is 10.6. The summed E-state index contributed by atoms with van der Waals surface area (Å²) >= 11 is 0. The Morgan fingerprint density at radius 1 is 0.795 bits per heavy atom. The first-order chi connectivity index (χ1) is 18.5. The van der Waals surface area contributed by atoms with Crippen molar-refractivity contribution in [2.45, 2.75) is 68.6 Å². The fourth-order valence-electron chi connectivity index (χ4n) is 6.27. The molecule has 0 amide bonds. The highest BCUT2D eigenvalue weighted by molar-refractivity contribution is 5.35. The molecule has 3 aromatic carbocycles. The molecule has 0 saturated carbocycles. The minimum Gasteiger partial charge on any atom is -0.380 e. The average molecular weight is 550 g/mol. The van der Waals surface area contributed by atoms with Crippen LogP contribution in [0.3, 0.4) is 0 Å². The van der Waals surface area contributed by atoms with Crippen LogP contribution in [0.25, 0.3) is 0 Å². The van der Waals surface area contributed by atoms with Gasteiger partial charge >= 0.3 is 12.4 Å². The first-order valence-corrected chi connectivity index (χ1v) is 12.8. The molecular formula is C30H29F6NO2. The summed E-state index contributed by atoms with van der Waals surface area (Å²) in [4.78, 5) is 2.35. The van der Waals surface area contributed by atoms with Gasteiger partial charge in [0.15, 0.2) is 0 Å². The third-order valence-electron chi connectivity index (χ3n) is 7.98. The van der Waals surface area contributed by atoms with E-state index in [2.05, 4.69) is 4.90 Å². The number of rotatable bonds is 7. The van der Waals surface area contributed by atoms with Crippen LogP contribution in [0.5, 0.6) is 0 Å². The molecule has 208 valence electrons. The predicted octanol–water partition coefficient (Wildman–Crippen LogP) is 7.59. The molecule has 0 radical (unpaired) electrons. The summed E-state index contributed by atoms with van der Waals surface area (Å²) in [6.45, 7) is 0.218. The second-order valence-electron chi connectivity index (χ2n) is 10.2. The van der Waals surface area contributed by atoms with Crippen molar-refractivity contribution in [3.05, 3.63) is 107 Å². The number of halogens is 6. The van der Waals surface area contributed by atoms with Crippen molar-refractivity contribution in [3.63, 3.8) is 0 Å². The predicted molar refractivity (Wildman–Crippen MR) is 134 cm³/mol. The first kappa shape index (κ1) is 27.7.